The Morgan fingerprint density at radius 3 is 2.24 bits per heavy atom. The lowest BCUT2D eigenvalue weighted by Gasteiger charge is -2.40. The first-order valence-corrected chi connectivity index (χ1v) is 12.9. The van der Waals surface area contributed by atoms with Gasteiger partial charge in [-0.2, -0.15) is 0 Å². The van der Waals surface area contributed by atoms with Crippen molar-refractivity contribution >= 4 is 17.8 Å². The number of ether oxygens (including phenoxy) is 1. The molecule has 2 aliphatic rings. The third-order valence-corrected chi connectivity index (χ3v) is 7.23. The minimum atomic E-state index is -0.836. The van der Waals surface area contributed by atoms with Gasteiger partial charge in [0.1, 0.15) is 12.1 Å². The number of benzene rings is 1. The molecule has 2 fully saturated rings. The van der Waals surface area contributed by atoms with Crippen molar-refractivity contribution in [3.63, 3.8) is 0 Å². The van der Waals surface area contributed by atoms with Crippen molar-refractivity contribution in [1.29, 1.82) is 0 Å². The first kappa shape index (κ1) is 26.2. The van der Waals surface area contributed by atoms with E-state index in [9.17, 15) is 19.6 Å². The Morgan fingerprint density at radius 2 is 1.65 bits per heavy atom. The highest BCUT2D eigenvalue weighted by Crippen LogP contribution is 2.37. The predicted octanol–water partition coefficient (Wildman–Crippen LogP) is 4.93. The molecule has 0 bridgehead atoms. The van der Waals surface area contributed by atoms with Gasteiger partial charge < -0.3 is 9.64 Å². The summed E-state index contributed by atoms with van der Waals surface area (Å²) in [4.78, 5) is 41.4. The summed E-state index contributed by atoms with van der Waals surface area (Å²) in [5.41, 5.74) is 2.60. The molecule has 34 heavy (non-hydrogen) atoms. The lowest BCUT2D eigenvalue weighted by atomic mass is 9.90. The topological polar surface area (TPSA) is 95.9 Å². The molecule has 0 aromatic heterocycles. The number of carbonyl (C=O) groups excluding carboxylic acids is 3. The SMILES string of the molecule is CC(C)CCC(=O)N(C(CC(=O)OC1CCCC1)c1ccccc1)[C@@H](C(=O)NO)C1CCCC1. The van der Waals surface area contributed by atoms with Gasteiger partial charge in [-0.3, -0.25) is 19.6 Å². The van der Waals surface area contributed by atoms with Crippen LogP contribution in [0.25, 0.3) is 0 Å². The molecule has 1 aromatic carbocycles. The van der Waals surface area contributed by atoms with Crippen LogP contribution in [-0.4, -0.2) is 40.0 Å². The fraction of sp³-hybridized carbons (Fsp3) is 0.667. The molecule has 3 rings (SSSR count). The molecule has 0 radical (unpaired) electrons. The number of carbonyl (C=O) groups is 3. The highest BCUT2D eigenvalue weighted by atomic mass is 16.5. The van der Waals surface area contributed by atoms with Crippen LogP contribution in [0.3, 0.4) is 0 Å². The van der Waals surface area contributed by atoms with E-state index in [1.807, 2.05) is 35.8 Å². The fourth-order valence-corrected chi connectivity index (χ4v) is 5.42. The quantitative estimate of drug-likeness (QED) is 0.270. The standard InChI is InChI=1S/C27H40N2O5/c1-19(2)16-17-24(30)29(26(27(32)28-33)21-12-6-7-13-21)23(20-10-4-3-5-11-20)18-25(31)34-22-14-8-9-15-22/h3-5,10-11,19,21-23,26,33H,6-9,12-18H2,1-2H3,(H,28,32)/t23?,26-/m1/s1. The maximum atomic E-state index is 13.7. The van der Waals surface area contributed by atoms with E-state index in [0.717, 1.165) is 56.9 Å². The Kier molecular flexibility index (Phi) is 9.93. The summed E-state index contributed by atoms with van der Waals surface area (Å²) in [5.74, 6) is -0.847. The molecule has 2 atom stereocenters. The van der Waals surface area contributed by atoms with E-state index < -0.39 is 18.0 Å². The molecule has 7 heteroatoms. The number of hydrogen-bond donors (Lipinski definition) is 2. The second-order valence-electron chi connectivity index (χ2n) is 10.2. The van der Waals surface area contributed by atoms with Crippen LogP contribution in [0, 0.1) is 11.8 Å². The lowest BCUT2D eigenvalue weighted by Crippen LogP contribution is -2.54. The number of nitrogens with zero attached hydrogens (tertiary/aromatic N) is 1. The maximum Gasteiger partial charge on any atom is 0.308 e. The van der Waals surface area contributed by atoms with Crippen molar-refractivity contribution in [2.75, 3.05) is 0 Å². The van der Waals surface area contributed by atoms with Crippen LogP contribution >= 0.6 is 0 Å². The minimum absolute atomic E-state index is 0.0180. The number of hydrogen-bond acceptors (Lipinski definition) is 5. The Labute approximate surface area is 203 Å². The molecular formula is C27H40N2O5. The molecule has 0 spiro atoms. The summed E-state index contributed by atoms with van der Waals surface area (Å²) >= 11 is 0. The highest BCUT2D eigenvalue weighted by Gasteiger charge is 2.42. The third-order valence-electron chi connectivity index (χ3n) is 7.23. The molecule has 0 heterocycles. The van der Waals surface area contributed by atoms with Crippen molar-refractivity contribution in [3.05, 3.63) is 35.9 Å². The van der Waals surface area contributed by atoms with Gasteiger partial charge in [-0.1, -0.05) is 57.0 Å². The third kappa shape index (κ3) is 7.05. The van der Waals surface area contributed by atoms with Crippen molar-refractivity contribution in [2.24, 2.45) is 11.8 Å². The summed E-state index contributed by atoms with van der Waals surface area (Å²) in [6.45, 7) is 4.11. The van der Waals surface area contributed by atoms with E-state index >= 15 is 0 Å². The van der Waals surface area contributed by atoms with Gasteiger partial charge in [-0.25, -0.2) is 5.48 Å². The summed E-state index contributed by atoms with van der Waals surface area (Å²) < 4.78 is 5.76. The Bertz CT molecular complexity index is 800. The van der Waals surface area contributed by atoms with Crippen LogP contribution in [0.1, 0.15) is 96.1 Å². The average Bonchev–Trinajstić information content (AvgIpc) is 3.54. The number of rotatable bonds is 11. The van der Waals surface area contributed by atoms with Crippen molar-refractivity contribution in [1.82, 2.24) is 10.4 Å². The first-order chi connectivity index (χ1) is 16.4. The van der Waals surface area contributed by atoms with E-state index in [1.54, 1.807) is 4.90 Å². The molecule has 2 amide bonds. The minimum Gasteiger partial charge on any atom is -0.462 e. The van der Waals surface area contributed by atoms with Gasteiger partial charge in [0.05, 0.1) is 12.5 Å². The van der Waals surface area contributed by atoms with Gasteiger partial charge in [-0.15, -0.1) is 0 Å². The van der Waals surface area contributed by atoms with E-state index in [0.29, 0.717) is 12.3 Å². The average molecular weight is 473 g/mol. The van der Waals surface area contributed by atoms with Crippen LogP contribution in [0.5, 0.6) is 0 Å². The summed E-state index contributed by atoms with van der Waals surface area (Å²) in [6.07, 6.45) is 8.30. The van der Waals surface area contributed by atoms with Crippen LogP contribution in [-0.2, 0) is 19.1 Å². The molecule has 1 unspecified atom stereocenters. The van der Waals surface area contributed by atoms with Gasteiger partial charge >= 0.3 is 5.97 Å². The molecule has 1 aromatic rings. The number of esters is 1. The Hall–Kier alpha value is -2.41. The molecule has 2 aliphatic carbocycles. The number of nitrogens with one attached hydrogen (secondary N) is 1. The first-order valence-electron chi connectivity index (χ1n) is 12.9. The predicted molar refractivity (Wildman–Crippen MR) is 129 cm³/mol. The van der Waals surface area contributed by atoms with Crippen molar-refractivity contribution in [2.45, 2.75) is 103 Å². The Balaban J connectivity index is 1.97. The summed E-state index contributed by atoms with van der Waals surface area (Å²) in [7, 11) is 0. The molecule has 2 saturated carbocycles. The Morgan fingerprint density at radius 1 is 1.03 bits per heavy atom. The zero-order chi connectivity index (χ0) is 24.5. The second-order valence-corrected chi connectivity index (χ2v) is 10.2. The zero-order valence-corrected chi connectivity index (χ0v) is 20.6. The molecule has 0 aliphatic heterocycles. The van der Waals surface area contributed by atoms with Gasteiger partial charge in [0, 0.05) is 6.42 Å². The fourth-order valence-electron chi connectivity index (χ4n) is 5.42. The van der Waals surface area contributed by atoms with E-state index in [2.05, 4.69) is 13.8 Å². The maximum absolute atomic E-state index is 13.7. The molecule has 0 saturated heterocycles. The van der Waals surface area contributed by atoms with Crippen LogP contribution in [0.2, 0.25) is 0 Å². The lowest BCUT2D eigenvalue weighted by molar-refractivity contribution is -0.156. The van der Waals surface area contributed by atoms with E-state index in [1.165, 1.54) is 0 Å². The summed E-state index contributed by atoms with van der Waals surface area (Å²) in [5, 5.41) is 9.61. The summed E-state index contributed by atoms with van der Waals surface area (Å²) in [6, 6.07) is 7.93. The smallest absolute Gasteiger partial charge is 0.308 e. The van der Waals surface area contributed by atoms with Crippen molar-refractivity contribution < 1.29 is 24.3 Å². The van der Waals surface area contributed by atoms with Crippen LogP contribution in [0.4, 0.5) is 0 Å². The van der Waals surface area contributed by atoms with Gasteiger partial charge in [0.25, 0.3) is 5.91 Å². The zero-order valence-electron chi connectivity index (χ0n) is 20.6. The highest BCUT2D eigenvalue weighted by molar-refractivity contribution is 5.88. The molecule has 2 N–H and O–H groups in total. The van der Waals surface area contributed by atoms with Crippen LogP contribution in [0.15, 0.2) is 30.3 Å². The molecular weight excluding hydrogens is 432 g/mol. The number of hydroxylamine groups is 1. The van der Waals surface area contributed by atoms with Gasteiger partial charge in [-0.05, 0) is 62.3 Å². The van der Waals surface area contributed by atoms with Crippen molar-refractivity contribution in [3.8, 4) is 0 Å². The monoisotopic (exact) mass is 472 g/mol. The van der Waals surface area contributed by atoms with Gasteiger partial charge in [0.2, 0.25) is 5.91 Å². The van der Waals surface area contributed by atoms with E-state index in [-0.39, 0.29) is 36.7 Å². The normalized spacial score (nSPS) is 18.6. The number of amides is 2. The van der Waals surface area contributed by atoms with E-state index in [4.69, 9.17) is 4.74 Å². The molecule has 7 nitrogen and oxygen atoms in total. The van der Waals surface area contributed by atoms with Gasteiger partial charge in [0.15, 0.2) is 0 Å². The molecule has 188 valence electrons. The largest absolute Gasteiger partial charge is 0.462 e. The van der Waals surface area contributed by atoms with Crippen LogP contribution < -0.4 is 5.48 Å². The second kappa shape index (κ2) is 12.9.